The molecule has 146 valence electrons. The molecular weight excluding hydrogens is 358 g/mol. The highest BCUT2D eigenvalue weighted by molar-refractivity contribution is 7.80. The lowest BCUT2D eigenvalue weighted by Crippen LogP contribution is -2.16. The molecule has 0 saturated carbocycles. The molecular formula is C22H29NO3S. The average Bonchev–Trinajstić information content (AvgIpc) is 2.58. The fraction of sp³-hybridized carbons (Fsp3) is 0.409. The molecule has 0 bridgehead atoms. The number of aryl methyl sites for hydroxylation is 1. The van der Waals surface area contributed by atoms with E-state index in [0.29, 0.717) is 36.3 Å². The minimum absolute atomic E-state index is 0.0164. The number of nitrogens with two attached hydrogens (primary N) is 1. The van der Waals surface area contributed by atoms with E-state index < -0.39 is 0 Å². The van der Waals surface area contributed by atoms with Crippen LogP contribution in [0.25, 0.3) is 0 Å². The summed E-state index contributed by atoms with van der Waals surface area (Å²) < 4.78 is 17.5. The third-order valence-corrected chi connectivity index (χ3v) is 4.31. The van der Waals surface area contributed by atoms with Crippen LogP contribution >= 0.6 is 12.2 Å². The summed E-state index contributed by atoms with van der Waals surface area (Å²) >= 11 is 5.02. The van der Waals surface area contributed by atoms with Crippen molar-refractivity contribution in [1.29, 1.82) is 0 Å². The first-order valence-electron chi connectivity index (χ1n) is 9.15. The van der Waals surface area contributed by atoms with Crippen LogP contribution in [-0.2, 0) is 5.41 Å². The summed E-state index contributed by atoms with van der Waals surface area (Å²) in [6.07, 6.45) is 0. The van der Waals surface area contributed by atoms with Crippen molar-refractivity contribution in [2.45, 2.75) is 40.0 Å². The topological polar surface area (TPSA) is 53.7 Å². The van der Waals surface area contributed by atoms with Gasteiger partial charge in [-0.15, -0.1) is 0 Å². The summed E-state index contributed by atoms with van der Waals surface area (Å²) in [6.45, 7) is 11.9. The maximum absolute atomic E-state index is 6.02. The summed E-state index contributed by atoms with van der Waals surface area (Å²) in [4.78, 5) is 0.333. The predicted octanol–water partition coefficient (Wildman–Crippen LogP) is 4.78. The van der Waals surface area contributed by atoms with Crippen LogP contribution in [0.15, 0.2) is 36.4 Å². The van der Waals surface area contributed by atoms with E-state index in [1.54, 1.807) is 6.07 Å². The van der Waals surface area contributed by atoms with E-state index in [1.165, 1.54) is 11.1 Å². The van der Waals surface area contributed by atoms with Crippen LogP contribution in [-0.4, -0.2) is 24.8 Å². The van der Waals surface area contributed by atoms with Gasteiger partial charge < -0.3 is 19.9 Å². The van der Waals surface area contributed by atoms with Crippen LogP contribution in [0.1, 0.15) is 44.4 Å². The normalized spacial score (nSPS) is 11.1. The Kier molecular flexibility index (Phi) is 7.08. The van der Waals surface area contributed by atoms with E-state index in [9.17, 15) is 0 Å². The van der Waals surface area contributed by atoms with Gasteiger partial charge in [-0.25, -0.2) is 0 Å². The molecule has 0 unspecified atom stereocenters. The van der Waals surface area contributed by atoms with Gasteiger partial charge in [0.2, 0.25) is 0 Å². The molecule has 0 heterocycles. The van der Waals surface area contributed by atoms with Crippen molar-refractivity contribution in [3.63, 3.8) is 0 Å². The number of ether oxygens (including phenoxy) is 3. The minimum Gasteiger partial charge on any atom is -0.490 e. The molecule has 0 amide bonds. The highest BCUT2D eigenvalue weighted by atomic mass is 32.1. The molecule has 0 spiro atoms. The highest BCUT2D eigenvalue weighted by Crippen LogP contribution is 2.32. The zero-order valence-corrected chi connectivity index (χ0v) is 17.6. The third kappa shape index (κ3) is 5.86. The Bertz CT molecular complexity index is 797. The van der Waals surface area contributed by atoms with E-state index in [2.05, 4.69) is 45.9 Å². The van der Waals surface area contributed by atoms with Gasteiger partial charge in [0, 0.05) is 5.56 Å². The maximum Gasteiger partial charge on any atom is 0.161 e. The summed E-state index contributed by atoms with van der Waals surface area (Å²) in [5.41, 5.74) is 8.82. The lowest BCUT2D eigenvalue weighted by atomic mass is 9.86. The van der Waals surface area contributed by atoms with E-state index in [-0.39, 0.29) is 5.41 Å². The van der Waals surface area contributed by atoms with Crippen LogP contribution in [0.5, 0.6) is 17.2 Å². The molecule has 0 aliphatic heterocycles. The lowest BCUT2D eigenvalue weighted by Gasteiger charge is -2.23. The molecule has 0 atom stereocenters. The molecule has 5 heteroatoms. The van der Waals surface area contributed by atoms with Crippen LogP contribution < -0.4 is 19.9 Å². The largest absolute Gasteiger partial charge is 0.490 e. The number of hydrogen-bond acceptors (Lipinski definition) is 4. The van der Waals surface area contributed by atoms with Gasteiger partial charge in [-0.3, -0.25) is 0 Å². The van der Waals surface area contributed by atoms with Crippen molar-refractivity contribution in [2.24, 2.45) is 5.73 Å². The number of thiocarbonyl (C=S) groups is 1. The molecule has 27 heavy (non-hydrogen) atoms. The first kappa shape index (κ1) is 21.0. The fourth-order valence-corrected chi connectivity index (χ4v) is 2.85. The predicted molar refractivity (Wildman–Crippen MR) is 114 cm³/mol. The second kappa shape index (κ2) is 9.09. The summed E-state index contributed by atoms with van der Waals surface area (Å²) in [5, 5.41) is 0. The van der Waals surface area contributed by atoms with Crippen LogP contribution in [0.2, 0.25) is 0 Å². The Morgan fingerprint density at radius 1 is 0.926 bits per heavy atom. The van der Waals surface area contributed by atoms with Crippen LogP contribution in [0.4, 0.5) is 0 Å². The van der Waals surface area contributed by atoms with Gasteiger partial charge in [-0.05, 0) is 54.7 Å². The van der Waals surface area contributed by atoms with Gasteiger partial charge in [0.1, 0.15) is 24.0 Å². The highest BCUT2D eigenvalue weighted by Gasteiger charge is 2.19. The Morgan fingerprint density at radius 2 is 1.59 bits per heavy atom. The van der Waals surface area contributed by atoms with Crippen molar-refractivity contribution in [3.05, 3.63) is 53.1 Å². The molecule has 4 nitrogen and oxygen atoms in total. The zero-order chi connectivity index (χ0) is 20.0. The zero-order valence-electron chi connectivity index (χ0n) is 16.8. The molecule has 0 saturated heterocycles. The van der Waals surface area contributed by atoms with E-state index in [0.717, 1.165) is 11.3 Å². The molecule has 0 fully saturated rings. The van der Waals surface area contributed by atoms with Gasteiger partial charge in [0.05, 0.1) is 6.61 Å². The van der Waals surface area contributed by atoms with Crippen molar-refractivity contribution < 1.29 is 14.2 Å². The van der Waals surface area contributed by atoms with Gasteiger partial charge in [0.25, 0.3) is 0 Å². The smallest absolute Gasteiger partial charge is 0.161 e. The molecule has 0 aliphatic carbocycles. The number of hydrogen-bond donors (Lipinski definition) is 1. The van der Waals surface area contributed by atoms with Gasteiger partial charge in [-0.2, -0.15) is 0 Å². The number of rotatable bonds is 8. The average molecular weight is 388 g/mol. The molecule has 2 aromatic carbocycles. The molecule has 2 N–H and O–H groups in total. The maximum atomic E-state index is 6.02. The third-order valence-electron chi connectivity index (χ3n) is 4.07. The molecule has 0 aliphatic rings. The first-order chi connectivity index (χ1) is 12.7. The van der Waals surface area contributed by atoms with E-state index in [1.807, 2.05) is 19.1 Å². The Balaban J connectivity index is 2.03. The summed E-state index contributed by atoms with van der Waals surface area (Å²) in [5.74, 6) is 2.19. The Labute approximate surface area is 167 Å². The van der Waals surface area contributed by atoms with Gasteiger partial charge >= 0.3 is 0 Å². The van der Waals surface area contributed by atoms with Crippen molar-refractivity contribution in [3.8, 4) is 17.2 Å². The van der Waals surface area contributed by atoms with Gasteiger partial charge in [-0.1, -0.05) is 45.1 Å². The SMILES string of the molecule is CCOc1cc(C(N)=S)ccc1OCCOc1cc(C)ccc1C(C)(C)C. The molecule has 2 rings (SSSR count). The second-order valence-electron chi connectivity index (χ2n) is 7.41. The van der Waals surface area contributed by atoms with E-state index in [4.69, 9.17) is 32.2 Å². The first-order valence-corrected chi connectivity index (χ1v) is 9.56. The van der Waals surface area contributed by atoms with E-state index >= 15 is 0 Å². The van der Waals surface area contributed by atoms with Crippen molar-refractivity contribution in [1.82, 2.24) is 0 Å². The van der Waals surface area contributed by atoms with Crippen molar-refractivity contribution in [2.75, 3.05) is 19.8 Å². The van der Waals surface area contributed by atoms with Crippen LogP contribution in [0, 0.1) is 6.92 Å². The summed E-state index contributed by atoms with van der Waals surface area (Å²) in [7, 11) is 0. The number of benzene rings is 2. The Morgan fingerprint density at radius 3 is 2.19 bits per heavy atom. The van der Waals surface area contributed by atoms with Crippen LogP contribution in [0.3, 0.4) is 0 Å². The quantitative estimate of drug-likeness (QED) is 0.522. The molecule has 0 aromatic heterocycles. The fourth-order valence-electron chi connectivity index (χ4n) is 2.72. The van der Waals surface area contributed by atoms with Gasteiger partial charge in [0.15, 0.2) is 11.5 Å². The Hall–Kier alpha value is -2.27. The second-order valence-corrected chi connectivity index (χ2v) is 7.85. The molecule has 2 aromatic rings. The molecule has 0 radical (unpaired) electrons. The standard InChI is InChI=1S/C22H29NO3S/c1-6-24-20-14-16(21(23)27)8-10-18(20)25-11-12-26-19-13-15(2)7-9-17(19)22(3,4)5/h7-10,13-14H,6,11-12H2,1-5H3,(H2,23,27). The monoisotopic (exact) mass is 387 g/mol. The minimum atomic E-state index is 0.0164. The lowest BCUT2D eigenvalue weighted by molar-refractivity contribution is 0.206. The summed E-state index contributed by atoms with van der Waals surface area (Å²) in [6, 6.07) is 11.8. The van der Waals surface area contributed by atoms with Crippen molar-refractivity contribution >= 4 is 17.2 Å².